The fourth-order valence-electron chi connectivity index (χ4n) is 4.71. The van der Waals surface area contributed by atoms with E-state index in [2.05, 4.69) is 11.1 Å². The minimum absolute atomic E-state index is 0.000439. The second-order valence-electron chi connectivity index (χ2n) is 7.95. The lowest BCUT2D eigenvalue weighted by atomic mass is 9.81. The molecule has 2 fully saturated rings. The molecule has 2 saturated heterocycles. The van der Waals surface area contributed by atoms with Crippen molar-refractivity contribution >= 4 is 6.09 Å². The maximum absolute atomic E-state index is 12.7. The summed E-state index contributed by atoms with van der Waals surface area (Å²) in [6, 6.07) is 11.8. The Balaban J connectivity index is 1.47. The smallest absolute Gasteiger partial charge is 0.410 e. The molecule has 2 atom stereocenters. The largest absolute Gasteiger partial charge is 0.445 e. The molecule has 142 valence electrons. The summed E-state index contributed by atoms with van der Waals surface area (Å²) >= 11 is 0. The Hall–Kier alpha value is -2.40. The molecule has 0 radical (unpaired) electrons. The van der Waals surface area contributed by atoms with Crippen LogP contribution in [0.15, 0.2) is 42.6 Å². The van der Waals surface area contributed by atoms with Crippen LogP contribution in [0.4, 0.5) is 4.79 Å². The number of aryl methyl sites for hydroxylation is 2. The van der Waals surface area contributed by atoms with Gasteiger partial charge in [-0.2, -0.15) is 0 Å². The predicted octanol–water partition coefficient (Wildman–Crippen LogP) is 3.85. The molecule has 2 aliphatic heterocycles. The van der Waals surface area contributed by atoms with Crippen LogP contribution >= 0.6 is 0 Å². The number of rotatable bonds is 3. The highest BCUT2D eigenvalue weighted by atomic mass is 16.6. The van der Waals surface area contributed by atoms with E-state index in [0.29, 0.717) is 12.8 Å². The molecule has 2 unspecified atom stereocenters. The first-order valence-corrected chi connectivity index (χ1v) is 9.61. The summed E-state index contributed by atoms with van der Waals surface area (Å²) in [5, 5.41) is 11.4. The third kappa shape index (κ3) is 3.44. The van der Waals surface area contributed by atoms with Gasteiger partial charge in [0.2, 0.25) is 0 Å². The molecule has 5 nitrogen and oxygen atoms in total. The number of aliphatic hydroxyl groups is 1. The summed E-state index contributed by atoms with van der Waals surface area (Å²) in [5.74, 6) is 0. The van der Waals surface area contributed by atoms with Crippen LogP contribution in [0.3, 0.4) is 0 Å². The predicted molar refractivity (Wildman–Crippen MR) is 102 cm³/mol. The molecule has 1 aromatic heterocycles. The Labute approximate surface area is 160 Å². The van der Waals surface area contributed by atoms with Crippen molar-refractivity contribution in [2.24, 2.45) is 0 Å². The number of pyridine rings is 1. The highest BCUT2D eigenvalue weighted by Crippen LogP contribution is 2.46. The number of fused-ring (bicyclic) bond motifs is 2. The number of hydrogen-bond donors (Lipinski definition) is 1. The lowest BCUT2D eigenvalue weighted by Crippen LogP contribution is -2.52. The van der Waals surface area contributed by atoms with Crippen molar-refractivity contribution in [3.05, 3.63) is 65.0 Å². The molecule has 4 rings (SSSR count). The molecule has 2 aromatic rings. The van der Waals surface area contributed by atoms with Crippen LogP contribution in [0, 0.1) is 13.8 Å². The number of hydrogen-bond acceptors (Lipinski definition) is 4. The number of nitrogens with zero attached hydrogens (tertiary/aromatic N) is 2. The van der Waals surface area contributed by atoms with Gasteiger partial charge >= 0.3 is 6.09 Å². The standard InChI is InChI=1S/C22H26N2O3/c1-15-10-16(2)20(23-13-15)22(26)11-18-8-9-19(12-22)24(18)21(25)27-14-17-6-4-3-5-7-17/h3-7,10,13,18-19,26H,8-9,11-12,14H2,1-2H3. The zero-order valence-electron chi connectivity index (χ0n) is 15.9. The molecule has 2 aliphatic rings. The average Bonchev–Trinajstić information content (AvgIpc) is 2.92. The van der Waals surface area contributed by atoms with Gasteiger partial charge in [0.15, 0.2) is 0 Å². The molecule has 1 aromatic carbocycles. The minimum Gasteiger partial charge on any atom is -0.445 e. The number of ether oxygens (including phenoxy) is 1. The maximum Gasteiger partial charge on any atom is 0.410 e. The lowest BCUT2D eigenvalue weighted by molar-refractivity contribution is -0.0568. The average molecular weight is 366 g/mol. The van der Waals surface area contributed by atoms with Gasteiger partial charge in [0.05, 0.1) is 5.69 Å². The van der Waals surface area contributed by atoms with Crippen molar-refractivity contribution < 1.29 is 14.6 Å². The van der Waals surface area contributed by atoms with Gasteiger partial charge in [0.25, 0.3) is 0 Å². The van der Waals surface area contributed by atoms with Gasteiger partial charge in [0.1, 0.15) is 12.2 Å². The zero-order chi connectivity index (χ0) is 19.0. The monoisotopic (exact) mass is 366 g/mol. The Bertz CT molecular complexity index is 823. The van der Waals surface area contributed by atoms with E-state index in [-0.39, 0.29) is 24.8 Å². The van der Waals surface area contributed by atoms with Gasteiger partial charge in [-0.1, -0.05) is 36.4 Å². The van der Waals surface area contributed by atoms with Crippen LogP contribution < -0.4 is 0 Å². The molecule has 27 heavy (non-hydrogen) atoms. The van der Waals surface area contributed by atoms with E-state index in [1.165, 1.54) is 0 Å². The van der Waals surface area contributed by atoms with Crippen molar-refractivity contribution in [1.29, 1.82) is 0 Å². The van der Waals surface area contributed by atoms with Crippen LogP contribution in [0.25, 0.3) is 0 Å². The fourth-order valence-corrected chi connectivity index (χ4v) is 4.71. The highest BCUT2D eigenvalue weighted by molar-refractivity contribution is 5.69. The summed E-state index contributed by atoms with van der Waals surface area (Å²) in [6.07, 6.45) is 4.36. The Morgan fingerprint density at radius 2 is 1.89 bits per heavy atom. The first-order valence-electron chi connectivity index (χ1n) is 9.61. The highest BCUT2D eigenvalue weighted by Gasteiger charge is 2.51. The van der Waals surface area contributed by atoms with Crippen LogP contribution in [0.5, 0.6) is 0 Å². The molecule has 5 heteroatoms. The topological polar surface area (TPSA) is 62.7 Å². The van der Waals surface area contributed by atoms with Crippen molar-refractivity contribution in [3.8, 4) is 0 Å². The van der Waals surface area contributed by atoms with Crippen LogP contribution in [-0.4, -0.2) is 33.2 Å². The Morgan fingerprint density at radius 3 is 2.52 bits per heavy atom. The summed E-state index contributed by atoms with van der Waals surface area (Å²) < 4.78 is 5.55. The molecule has 1 N–H and O–H groups in total. The summed E-state index contributed by atoms with van der Waals surface area (Å²) in [5.41, 5.74) is 2.86. The summed E-state index contributed by atoms with van der Waals surface area (Å²) in [6.45, 7) is 4.27. The number of carbonyl (C=O) groups is 1. The first kappa shape index (κ1) is 18.0. The van der Waals surface area contributed by atoms with Crippen molar-refractivity contribution in [2.75, 3.05) is 0 Å². The lowest BCUT2D eigenvalue weighted by Gasteiger charge is -2.43. The Kier molecular flexibility index (Phi) is 4.64. The zero-order valence-corrected chi connectivity index (χ0v) is 15.9. The van der Waals surface area contributed by atoms with E-state index in [0.717, 1.165) is 35.2 Å². The van der Waals surface area contributed by atoms with Crippen LogP contribution in [0.1, 0.15) is 48.1 Å². The van der Waals surface area contributed by atoms with Gasteiger partial charge in [-0.25, -0.2) is 4.79 Å². The summed E-state index contributed by atoms with van der Waals surface area (Å²) in [7, 11) is 0. The number of piperidine rings is 1. The quantitative estimate of drug-likeness (QED) is 0.896. The van der Waals surface area contributed by atoms with Gasteiger partial charge in [-0.15, -0.1) is 0 Å². The van der Waals surface area contributed by atoms with Gasteiger partial charge in [-0.3, -0.25) is 4.98 Å². The number of aromatic nitrogens is 1. The van der Waals surface area contributed by atoms with E-state index in [1.807, 2.05) is 55.3 Å². The maximum atomic E-state index is 12.7. The third-order valence-electron chi connectivity index (χ3n) is 5.84. The van der Waals surface area contributed by atoms with E-state index in [9.17, 15) is 9.90 Å². The van der Waals surface area contributed by atoms with E-state index in [4.69, 9.17) is 4.74 Å². The van der Waals surface area contributed by atoms with Gasteiger partial charge in [-0.05, 0) is 43.4 Å². The second-order valence-corrected chi connectivity index (χ2v) is 7.95. The Morgan fingerprint density at radius 1 is 1.22 bits per heavy atom. The van der Waals surface area contributed by atoms with Crippen molar-refractivity contribution in [3.63, 3.8) is 0 Å². The molecule has 1 amide bonds. The molecule has 0 spiro atoms. The van der Waals surface area contributed by atoms with Gasteiger partial charge in [0, 0.05) is 31.1 Å². The van der Waals surface area contributed by atoms with E-state index >= 15 is 0 Å². The molecule has 0 aliphatic carbocycles. The first-order chi connectivity index (χ1) is 13.0. The molecule has 3 heterocycles. The molecule has 2 bridgehead atoms. The van der Waals surface area contributed by atoms with Crippen molar-refractivity contribution in [2.45, 2.75) is 63.8 Å². The molecular formula is C22H26N2O3. The van der Waals surface area contributed by atoms with Crippen LogP contribution in [-0.2, 0) is 16.9 Å². The van der Waals surface area contributed by atoms with Crippen LogP contribution in [0.2, 0.25) is 0 Å². The van der Waals surface area contributed by atoms with Gasteiger partial charge < -0.3 is 14.7 Å². The number of benzene rings is 1. The number of carbonyl (C=O) groups excluding carboxylic acids is 1. The van der Waals surface area contributed by atoms with Crippen molar-refractivity contribution in [1.82, 2.24) is 9.88 Å². The summed E-state index contributed by atoms with van der Waals surface area (Å²) in [4.78, 5) is 19.1. The molecule has 0 saturated carbocycles. The fraction of sp³-hybridized carbons (Fsp3) is 0.455. The van der Waals surface area contributed by atoms with E-state index in [1.54, 1.807) is 0 Å². The SMILES string of the molecule is Cc1cnc(C2(O)CC3CCC(C2)N3C(=O)OCc2ccccc2)c(C)c1. The number of amides is 1. The minimum atomic E-state index is -0.972. The third-order valence-corrected chi connectivity index (χ3v) is 5.84. The normalized spacial score (nSPS) is 26.9. The van der Waals surface area contributed by atoms with E-state index < -0.39 is 5.60 Å². The second kappa shape index (κ2) is 6.97. The molecular weight excluding hydrogens is 340 g/mol.